The van der Waals surface area contributed by atoms with Gasteiger partial charge in [-0.25, -0.2) is 0 Å². The first-order valence-corrected chi connectivity index (χ1v) is 4.90. The first-order chi connectivity index (χ1) is 5.77. The second-order valence-corrected chi connectivity index (χ2v) is 3.56. The summed E-state index contributed by atoms with van der Waals surface area (Å²) < 4.78 is 10.1. The Morgan fingerprint density at radius 1 is 1.83 bits per heavy atom. The summed E-state index contributed by atoms with van der Waals surface area (Å²) in [5.41, 5.74) is 0. The maximum absolute atomic E-state index is 10.1. The van der Waals surface area contributed by atoms with E-state index in [0.717, 1.165) is 24.3 Å². The second kappa shape index (κ2) is 4.94. The monoisotopic (exact) mass is 202 g/mol. The molecule has 0 aromatic carbocycles. The maximum atomic E-state index is 10.1. The zero-order valence-electron chi connectivity index (χ0n) is 6.62. The van der Waals surface area contributed by atoms with Gasteiger partial charge >= 0.3 is 83.0 Å². The summed E-state index contributed by atoms with van der Waals surface area (Å²) >= 11 is 9.24. The molecule has 12 heavy (non-hydrogen) atoms. The van der Waals surface area contributed by atoms with Crippen molar-refractivity contribution in [2.24, 2.45) is 0 Å². The van der Waals surface area contributed by atoms with Crippen molar-refractivity contribution >= 4 is 37.0 Å². The molecule has 0 radical (unpaired) electrons. The fraction of sp³-hybridized carbons (Fsp3) is 0.833. The van der Waals surface area contributed by atoms with E-state index in [1.165, 1.54) is 0 Å². The van der Waals surface area contributed by atoms with E-state index in [0.29, 0.717) is 12.5 Å². The third kappa shape index (κ3) is 2.53. The van der Waals surface area contributed by atoms with Crippen LogP contribution in [0.5, 0.6) is 0 Å². The van der Waals surface area contributed by atoms with Gasteiger partial charge in [-0.1, -0.05) is 0 Å². The Bertz CT molecular complexity index is 190. The quantitative estimate of drug-likeness (QED) is 0.329. The van der Waals surface area contributed by atoms with Crippen molar-refractivity contribution in [3.63, 3.8) is 0 Å². The molecule has 1 aliphatic heterocycles. The van der Waals surface area contributed by atoms with Crippen LogP contribution >= 0.6 is 24.8 Å². The molecule has 0 amide bonds. The number of hydrogen-bond acceptors (Lipinski definition) is 4. The van der Waals surface area contributed by atoms with Crippen molar-refractivity contribution in [1.82, 2.24) is 10.6 Å². The van der Waals surface area contributed by atoms with Gasteiger partial charge in [0.15, 0.2) is 0 Å². The predicted molar refractivity (Wildman–Crippen MR) is 56.2 cm³/mol. The number of nitrogens with one attached hydrogen (secondary N) is 2. The first kappa shape index (κ1) is 10.1. The Kier molecular flexibility index (Phi) is 4.18. The molecule has 0 aromatic heterocycles. The van der Waals surface area contributed by atoms with Crippen molar-refractivity contribution in [2.75, 3.05) is 12.2 Å². The Hall–Kier alpha value is 0.0649. The van der Waals surface area contributed by atoms with E-state index in [9.17, 15) is 4.70 Å². The van der Waals surface area contributed by atoms with Crippen molar-refractivity contribution in [3.8, 4) is 0 Å². The molecule has 2 N–H and O–H groups in total. The van der Waals surface area contributed by atoms with Crippen LogP contribution in [-0.4, -0.2) is 36.4 Å². The van der Waals surface area contributed by atoms with Crippen molar-refractivity contribution < 1.29 is 4.70 Å². The normalized spacial score (nSPS) is 28.2. The molecule has 0 aromatic rings. The van der Waals surface area contributed by atoms with Crippen LogP contribution in [0, 0.1) is 0 Å². The molecule has 1 aliphatic rings. The summed E-state index contributed by atoms with van der Waals surface area (Å²) in [6, 6.07) is 0.507. The SMILES string of the molecule is O=BCNC1CC(CS)NC1=S. The molecule has 0 aliphatic carbocycles. The van der Waals surface area contributed by atoms with Gasteiger partial charge in [0.1, 0.15) is 0 Å². The van der Waals surface area contributed by atoms with Crippen LogP contribution in [0.3, 0.4) is 0 Å². The number of hydrogen-bond donors (Lipinski definition) is 3. The minimum absolute atomic E-state index is 0.155. The standard InChI is InChI=1S/C6H11BN2OS2/c10-7-3-8-5-1-4(2-11)9-6(5)12/h4-5,8,11H,1-3H2,(H,9,12). The molecule has 2 atom stereocenters. The fourth-order valence-corrected chi connectivity index (χ4v) is 1.83. The van der Waals surface area contributed by atoms with Gasteiger partial charge in [0.25, 0.3) is 0 Å². The minimum atomic E-state index is 0.155. The molecule has 2 unspecified atom stereocenters. The molecular formula is C6H11BN2OS2. The molecule has 0 spiro atoms. The van der Waals surface area contributed by atoms with E-state index in [1.54, 1.807) is 0 Å². The van der Waals surface area contributed by atoms with Gasteiger partial charge in [0.05, 0.1) is 0 Å². The van der Waals surface area contributed by atoms with E-state index in [2.05, 4.69) is 23.3 Å². The van der Waals surface area contributed by atoms with Crippen molar-refractivity contribution in [3.05, 3.63) is 0 Å². The Morgan fingerprint density at radius 3 is 3.08 bits per heavy atom. The van der Waals surface area contributed by atoms with Crippen molar-refractivity contribution in [1.29, 1.82) is 0 Å². The zero-order valence-corrected chi connectivity index (χ0v) is 8.33. The van der Waals surface area contributed by atoms with Gasteiger partial charge in [0, 0.05) is 0 Å². The number of thiol groups is 1. The first-order valence-electron chi connectivity index (χ1n) is 3.86. The zero-order chi connectivity index (χ0) is 8.97. The molecule has 66 valence electrons. The van der Waals surface area contributed by atoms with Crippen LogP contribution < -0.4 is 10.6 Å². The van der Waals surface area contributed by atoms with E-state index in [4.69, 9.17) is 12.2 Å². The second-order valence-electron chi connectivity index (χ2n) is 2.75. The number of thiocarbonyl (C=S) groups is 1. The average Bonchev–Trinajstić information content (AvgIpc) is 2.43. The van der Waals surface area contributed by atoms with E-state index in [-0.39, 0.29) is 6.04 Å². The van der Waals surface area contributed by atoms with E-state index in [1.807, 2.05) is 0 Å². The Morgan fingerprint density at radius 2 is 2.58 bits per heavy atom. The molecule has 0 bridgehead atoms. The summed E-state index contributed by atoms with van der Waals surface area (Å²) in [5.74, 6) is 0.777. The number of rotatable bonds is 4. The van der Waals surface area contributed by atoms with Crippen LogP contribution in [-0.2, 0) is 4.70 Å². The molecule has 0 saturated carbocycles. The van der Waals surface area contributed by atoms with E-state index < -0.39 is 0 Å². The molecule has 1 saturated heterocycles. The van der Waals surface area contributed by atoms with Gasteiger partial charge in [0.2, 0.25) is 0 Å². The molecule has 1 rings (SSSR count). The van der Waals surface area contributed by atoms with Gasteiger partial charge in [-0.3, -0.25) is 0 Å². The van der Waals surface area contributed by atoms with Crippen LogP contribution in [0.1, 0.15) is 6.42 Å². The van der Waals surface area contributed by atoms with Crippen LogP contribution in [0.15, 0.2) is 0 Å². The summed E-state index contributed by atoms with van der Waals surface area (Å²) in [5, 5.41) is 6.18. The third-order valence-corrected chi connectivity index (χ3v) is 2.69. The van der Waals surface area contributed by atoms with Crippen molar-refractivity contribution in [2.45, 2.75) is 18.5 Å². The van der Waals surface area contributed by atoms with Crippen LogP contribution in [0.25, 0.3) is 0 Å². The Labute approximate surface area is 83.3 Å². The van der Waals surface area contributed by atoms with Crippen LogP contribution in [0.4, 0.5) is 0 Å². The van der Waals surface area contributed by atoms with Gasteiger partial charge in [-0.2, -0.15) is 0 Å². The summed E-state index contributed by atoms with van der Waals surface area (Å²) in [4.78, 5) is 0.802. The molecule has 3 nitrogen and oxygen atoms in total. The van der Waals surface area contributed by atoms with E-state index >= 15 is 0 Å². The molecule has 1 fully saturated rings. The predicted octanol–water partition coefficient (Wildman–Crippen LogP) is -0.429. The average molecular weight is 202 g/mol. The van der Waals surface area contributed by atoms with Gasteiger partial charge in [-0.15, -0.1) is 0 Å². The fourth-order valence-electron chi connectivity index (χ4n) is 1.24. The summed E-state index contributed by atoms with van der Waals surface area (Å²) in [6.45, 7) is 0. The Balaban J connectivity index is 2.35. The summed E-state index contributed by atoms with van der Waals surface area (Å²) in [7, 11) is 0.844. The molecule has 1 heterocycles. The molecule has 6 heteroatoms. The van der Waals surface area contributed by atoms with Gasteiger partial charge in [-0.05, 0) is 0 Å². The van der Waals surface area contributed by atoms with Gasteiger partial charge < -0.3 is 0 Å². The topological polar surface area (TPSA) is 41.1 Å². The third-order valence-electron chi connectivity index (χ3n) is 1.85. The van der Waals surface area contributed by atoms with Crippen LogP contribution in [0.2, 0.25) is 0 Å². The summed E-state index contributed by atoms with van der Waals surface area (Å²) in [6.07, 6.45) is 1.29. The molecular weight excluding hydrogens is 191 g/mol.